The molecule has 3 heteroatoms. The standard InChI is InChI=1S/C15H20BrNS/c1-2-3-12-4-7-15(11-17,8-5-12)10-14-13(16)6-9-18-14/h6,9,12H,2-5,7-8,10H2,1H3. The molecule has 0 atom stereocenters. The second-order valence-electron chi connectivity index (χ2n) is 5.49. The number of hydrogen-bond donors (Lipinski definition) is 0. The molecule has 2 rings (SSSR count). The smallest absolute Gasteiger partial charge is 0.0693 e. The molecule has 1 fully saturated rings. The van der Waals surface area contributed by atoms with Crippen molar-refractivity contribution in [1.82, 2.24) is 0 Å². The largest absolute Gasteiger partial charge is 0.198 e. The molecule has 0 amide bonds. The third-order valence-electron chi connectivity index (χ3n) is 4.19. The van der Waals surface area contributed by atoms with E-state index in [1.165, 1.54) is 35.0 Å². The fraction of sp³-hybridized carbons (Fsp3) is 0.667. The molecule has 1 aromatic rings. The van der Waals surface area contributed by atoms with E-state index >= 15 is 0 Å². The van der Waals surface area contributed by atoms with Gasteiger partial charge in [-0.2, -0.15) is 5.26 Å². The van der Waals surface area contributed by atoms with Crippen molar-refractivity contribution in [3.8, 4) is 6.07 Å². The zero-order valence-electron chi connectivity index (χ0n) is 10.9. The fourth-order valence-corrected chi connectivity index (χ4v) is 4.65. The Bertz CT molecular complexity index is 424. The van der Waals surface area contributed by atoms with Crippen LogP contribution in [0.1, 0.15) is 50.3 Å². The zero-order valence-corrected chi connectivity index (χ0v) is 13.3. The molecule has 1 heterocycles. The topological polar surface area (TPSA) is 23.8 Å². The maximum Gasteiger partial charge on any atom is 0.0693 e. The van der Waals surface area contributed by atoms with Crippen LogP contribution in [-0.4, -0.2) is 0 Å². The minimum atomic E-state index is -0.0996. The highest BCUT2D eigenvalue weighted by molar-refractivity contribution is 9.10. The predicted octanol–water partition coefficient (Wildman–Crippen LogP) is 5.55. The second-order valence-corrected chi connectivity index (χ2v) is 7.35. The maximum atomic E-state index is 9.59. The van der Waals surface area contributed by atoms with Gasteiger partial charge in [-0.3, -0.25) is 0 Å². The minimum Gasteiger partial charge on any atom is -0.198 e. The van der Waals surface area contributed by atoms with E-state index in [2.05, 4.69) is 40.4 Å². The lowest BCUT2D eigenvalue weighted by Crippen LogP contribution is -2.28. The average Bonchev–Trinajstić information content (AvgIpc) is 2.78. The number of halogens is 1. The van der Waals surface area contributed by atoms with Crippen molar-refractivity contribution < 1.29 is 0 Å². The lowest BCUT2D eigenvalue weighted by atomic mass is 9.68. The number of nitriles is 1. The average molecular weight is 326 g/mol. The molecule has 0 aromatic carbocycles. The number of hydrogen-bond acceptors (Lipinski definition) is 2. The van der Waals surface area contributed by atoms with Crippen LogP contribution in [-0.2, 0) is 6.42 Å². The molecule has 1 aromatic heterocycles. The first-order valence-electron chi connectivity index (χ1n) is 6.82. The SMILES string of the molecule is CCCC1CCC(C#N)(Cc2sccc2Br)CC1. The third kappa shape index (κ3) is 3.16. The Balaban J connectivity index is 2.01. The summed E-state index contributed by atoms with van der Waals surface area (Å²) in [6.45, 7) is 2.26. The van der Waals surface area contributed by atoms with Gasteiger partial charge in [0.2, 0.25) is 0 Å². The van der Waals surface area contributed by atoms with Crippen LogP contribution in [0.3, 0.4) is 0 Å². The van der Waals surface area contributed by atoms with Crippen molar-refractivity contribution in [2.75, 3.05) is 0 Å². The summed E-state index contributed by atoms with van der Waals surface area (Å²) < 4.78 is 1.18. The van der Waals surface area contributed by atoms with Crippen molar-refractivity contribution in [3.63, 3.8) is 0 Å². The first-order chi connectivity index (χ1) is 8.69. The Hall–Kier alpha value is -0.330. The molecule has 0 saturated heterocycles. The molecule has 0 aliphatic heterocycles. The first-order valence-corrected chi connectivity index (χ1v) is 8.49. The van der Waals surface area contributed by atoms with Gasteiger partial charge in [0.05, 0.1) is 11.5 Å². The fourth-order valence-electron chi connectivity index (χ4n) is 3.01. The van der Waals surface area contributed by atoms with Gasteiger partial charge in [0, 0.05) is 15.8 Å². The summed E-state index contributed by atoms with van der Waals surface area (Å²) in [7, 11) is 0. The van der Waals surface area contributed by atoms with Gasteiger partial charge in [-0.15, -0.1) is 11.3 Å². The molecule has 98 valence electrons. The second kappa shape index (κ2) is 6.21. The Labute approximate surface area is 122 Å². The van der Waals surface area contributed by atoms with E-state index in [0.717, 1.165) is 25.2 Å². The lowest BCUT2D eigenvalue weighted by molar-refractivity contribution is 0.201. The van der Waals surface area contributed by atoms with E-state index in [9.17, 15) is 5.26 Å². The molecule has 18 heavy (non-hydrogen) atoms. The van der Waals surface area contributed by atoms with Crippen molar-refractivity contribution in [2.45, 2.75) is 51.9 Å². The highest BCUT2D eigenvalue weighted by atomic mass is 79.9. The van der Waals surface area contributed by atoms with Crippen LogP contribution < -0.4 is 0 Å². The highest BCUT2D eigenvalue weighted by Gasteiger charge is 2.36. The molecular weight excluding hydrogens is 306 g/mol. The molecule has 1 aliphatic rings. The third-order valence-corrected chi connectivity index (χ3v) is 6.11. The Morgan fingerprint density at radius 2 is 2.22 bits per heavy atom. The summed E-state index contributed by atoms with van der Waals surface area (Å²) >= 11 is 5.35. The van der Waals surface area contributed by atoms with E-state index < -0.39 is 0 Å². The number of rotatable bonds is 4. The molecule has 0 unspecified atom stereocenters. The van der Waals surface area contributed by atoms with Gasteiger partial charge in [-0.1, -0.05) is 19.8 Å². The van der Waals surface area contributed by atoms with Crippen LogP contribution >= 0.6 is 27.3 Å². The van der Waals surface area contributed by atoms with Crippen LogP contribution in [0.15, 0.2) is 15.9 Å². The number of thiophene rings is 1. The number of nitrogens with zero attached hydrogens (tertiary/aromatic N) is 1. The van der Waals surface area contributed by atoms with E-state index in [1.54, 1.807) is 11.3 Å². The summed E-state index contributed by atoms with van der Waals surface area (Å²) in [5.74, 6) is 0.864. The van der Waals surface area contributed by atoms with Gasteiger partial charge in [0.1, 0.15) is 0 Å². The maximum absolute atomic E-state index is 9.59. The van der Waals surface area contributed by atoms with Crippen molar-refractivity contribution >= 4 is 27.3 Å². The molecule has 0 spiro atoms. The van der Waals surface area contributed by atoms with Gasteiger partial charge in [0.25, 0.3) is 0 Å². The van der Waals surface area contributed by atoms with Crippen molar-refractivity contribution in [2.24, 2.45) is 11.3 Å². The van der Waals surface area contributed by atoms with E-state index in [-0.39, 0.29) is 5.41 Å². The van der Waals surface area contributed by atoms with E-state index in [0.29, 0.717) is 0 Å². The normalized spacial score (nSPS) is 27.9. The Morgan fingerprint density at radius 1 is 1.50 bits per heavy atom. The molecule has 0 radical (unpaired) electrons. The minimum absolute atomic E-state index is 0.0996. The first kappa shape index (κ1) is 14.1. The van der Waals surface area contributed by atoms with Gasteiger partial charge in [-0.25, -0.2) is 0 Å². The van der Waals surface area contributed by atoms with Crippen LogP contribution in [0.25, 0.3) is 0 Å². The van der Waals surface area contributed by atoms with Crippen LogP contribution in [0.5, 0.6) is 0 Å². The summed E-state index contributed by atoms with van der Waals surface area (Å²) in [6, 6.07) is 4.72. The van der Waals surface area contributed by atoms with Crippen molar-refractivity contribution in [3.05, 3.63) is 20.8 Å². The van der Waals surface area contributed by atoms with Crippen LogP contribution in [0, 0.1) is 22.7 Å². The molecule has 1 saturated carbocycles. The van der Waals surface area contributed by atoms with Gasteiger partial charge in [0.15, 0.2) is 0 Å². The molecule has 1 aliphatic carbocycles. The Kier molecular flexibility index (Phi) is 4.86. The van der Waals surface area contributed by atoms with E-state index in [1.807, 2.05) is 0 Å². The summed E-state index contributed by atoms with van der Waals surface area (Å²) in [5, 5.41) is 11.7. The lowest BCUT2D eigenvalue weighted by Gasteiger charge is -2.34. The summed E-state index contributed by atoms with van der Waals surface area (Å²) in [5.41, 5.74) is -0.0996. The highest BCUT2D eigenvalue weighted by Crippen LogP contribution is 2.44. The predicted molar refractivity (Wildman–Crippen MR) is 80.6 cm³/mol. The monoisotopic (exact) mass is 325 g/mol. The Morgan fingerprint density at radius 3 is 2.72 bits per heavy atom. The van der Waals surface area contributed by atoms with Crippen LogP contribution in [0.2, 0.25) is 0 Å². The summed E-state index contributed by atoms with van der Waals surface area (Å²) in [6.07, 6.45) is 8.19. The molecular formula is C15H20BrNS. The molecule has 0 N–H and O–H groups in total. The quantitative estimate of drug-likeness (QED) is 0.711. The van der Waals surface area contributed by atoms with Crippen molar-refractivity contribution in [1.29, 1.82) is 5.26 Å². The van der Waals surface area contributed by atoms with Crippen LogP contribution in [0.4, 0.5) is 0 Å². The molecule has 1 nitrogen and oxygen atoms in total. The van der Waals surface area contributed by atoms with E-state index in [4.69, 9.17) is 0 Å². The molecule has 0 bridgehead atoms. The van der Waals surface area contributed by atoms with Gasteiger partial charge < -0.3 is 0 Å². The van der Waals surface area contributed by atoms with Gasteiger partial charge in [-0.05, 0) is 59.0 Å². The van der Waals surface area contributed by atoms with Gasteiger partial charge >= 0.3 is 0 Å². The summed E-state index contributed by atoms with van der Waals surface area (Å²) in [4.78, 5) is 1.34. The zero-order chi connectivity index (χ0) is 13.0.